The summed E-state index contributed by atoms with van der Waals surface area (Å²) in [6.07, 6.45) is -4.56. The fourth-order valence-corrected chi connectivity index (χ4v) is 1.34. The van der Waals surface area contributed by atoms with E-state index in [9.17, 15) is 18.0 Å². The summed E-state index contributed by atoms with van der Waals surface area (Å²) in [7, 11) is 1.16. The molecule has 0 fully saturated rings. The smallest absolute Gasteiger partial charge is 0.418 e. The van der Waals surface area contributed by atoms with Crippen molar-refractivity contribution in [2.24, 2.45) is 0 Å². The molecule has 6 heteroatoms. The zero-order valence-corrected chi connectivity index (χ0v) is 8.68. The molecular formula is C10H10F3NO2. The fraction of sp³-hybridized carbons (Fsp3) is 0.300. The molecule has 0 heterocycles. The van der Waals surface area contributed by atoms with Gasteiger partial charge in [0, 0.05) is 0 Å². The van der Waals surface area contributed by atoms with Crippen molar-refractivity contribution in [1.29, 1.82) is 0 Å². The van der Waals surface area contributed by atoms with Crippen LogP contribution in [0.5, 0.6) is 5.75 Å². The van der Waals surface area contributed by atoms with Crippen LogP contribution in [-0.4, -0.2) is 12.9 Å². The summed E-state index contributed by atoms with van der Waals surface area (Å²) in [6, 6.07) is 1.83. The third-order valence-electron chi connectivity index (χ3n) is 2.08. The number of ketones is 1. The minimum atomic E-state index is -4.56. The van der Waals surface area contributed by atoms with Gasteiger partial charge < -0.3 is 10.5 Å². The van der Waals surface area contributed by atoms with Crippen LogP contribution in [0.15, 0.2) is 12.1 Å². The number of anilines is 1. The van der Waals surface area contributed by atoms with Gasteiger partial charge >= 0.3 is 6.18 Å². The fourth-order valence-electron chi connectivity index (χ4n) is 1.34. The van der Waals surface area contributed by atoms with E-state index in [1.165, 1.54) is 6.92 Å². The standard InChI is InChI=1S/C10H10F3NO2/c1-5(15)6-3-4-7(10(11,12)13)8(14)9(6)16-2/h3-4H,14H2,1-2H3. The van der Waals surface area contributed by atoms with Crippen LogP contribution in [0, 0.1) is 0 Å². The molecule has 3 nitrogen and oxygen atoms in total. The van der Waals surface area contributed by atoms with Gasteiger partial charge in [0.1, 0.15) is 0 Å². The molecule has 0 unspecified atom stereocenters. The maximum atomic E-state index is 12.5. The molecule has 2 N–H and O–H groups in total. The highest BCUT2D eigenvalue weighted by molar-refractivity contribution is 5.98. The van der Waals surface area contributed by atoms with Crippen molar-refractivity contribution in [3.63, 3.8) is 0 Å². The van der Waals surface area contributed by atoms with Gasteiger partial charge in [0.05, 0.1) is 23.9 Å². The lowest BCUT2D eigenvalue weighted by Gasteiger charge is -2.15. The predicted molar refractivity (Wildman–Crippen MR) is 52.4 cm³/mol. The molecule has 0 radical (unpaired) electrons. The van der Waals surface area contributed by atoms with Gasteiger partial charge in [0.15, 0.2) is 11.5 Å². The average molecular weight is 233 g/mol. The molecule has 16 heavy (non-hydrogen) atoms. The summed E-state index contributed by atoms with van der Waals surface area (Å²) < 4.78 is 42.2. The highest BCUT2D eigenvalue weighted by Crippen LogP contribution is 2.39. The third-order valence-corrected chi connectivity index (χ3v) is 2.08. The molecule has 0 aliphatic rings. The molecule has 0 saturated carbocycles. The molecule has 0 bridgehead atoms. The Hall–Kier alpha value is -1.72. The van der Waals surface area contributed by atoms with E-state index in [1.807, 2.05) is 0 Å². The zero-order chi connectivity index (χ0) is 12.5. The van der Waals surface area contributed by atoms with E-state index in [0.29, 0.717) is 0 Å². The number of rotatable bonds is 2. The highest BCUT2D eigenvalue weighted by Gasteiger charge is 2.35. The first kappa shape index (κ1) is 12.4. The minimum Gasteiger partial charge on any atom is -0.494 e. The van der Waals surface area contributed by atoms with E-state index < -0.39 is 23.2 Å². The van der Waals surface area contributed by atoms with E-state index >= 15 is 0 Å². The molecule has 1 aromatic rings. The number of ether oxygens (including phenoxy) is 1. The summed E-state index contributed by atoms with van der Waals surface area (Å²) in [5.41, 5.74) is 3.78. The second-order valence-electron chi connectivity index (χ2n) is 3.16. The molecule has 0 saturated heterocycles. The molecule has 0 aliphatic carbocycles. The number of carbonyl (C=O) groups is 1. The lowest BCUT2D eigenvalue weighted by Crippen LogP contribution is -2.12. The van der Waals surface area contributed by atoms with E-state index in [1.54, 1.807) is 0 Å². The van der Waals surface area contributed by atoms with Gasteiger partial charge in [-0.15, -0.1) is 0 Å². The van der Waals surface area contributed by atoms with Gasteiger partial charge in [-0.2, -0.15) is 13.2 Å². The Balaban J connectivity index is 3.46. The molecule has 1 rings (SSSR count). The van der Waals surface area contributed by atoms with E-state index in [2.05, 4.69) is 0 Å². The van der Waals surface area contributed by atoms with E-state index in [-0.39, 0.29) is 11.3 Å². The normalized spacial score (nSPS) is 11.3. The van der Waals surface area contributed by atoms with Crippen LogP contribution in [0.2, 0.25) is 0 Å². The maximum absolute atomic E-state index is 12.5. The van der Waals surface area contributed by atoms with Crippen molar-refractivity contribution >= 4 is 11.5 Å². The van der Waals surface area contributed by atoms with Gasteiger partial charge in [0.2, 0.25) is 0 Å². The Morgan fingerprint density at radius 2 is 1.94 bits per heavy atom. The first-order valence-electron chi connectivity index (χ1n) is 4.33. The lowest BCUT2D eigenvalue weighted by molar-refractivity contribution is -0.137. The topological polar surface area (TPSA) is 52.3 Å². The van der Waals surface area contributed by atoms with Gasteiger partial charge in [0.25, 0.3) is 0 Å². The largest absolute Gasteiger partial charge is 0.494 e. The first-order chi connectivity index (χ1) is 7.29. The Kier molecular flexibility index (Phi) is 3.11. The Morgan fingerprint density at radius 1 is 1.38 bits per heavy atom. The van der Waals surface area contributed by atoms with Crippen LogP contribution in [-0.2, 0) is 6.18 Å². The van der Waals surface area contributed by atoms with E-state index in [4.69, 9.17) is 10.5 Å². The van der Waals surface area contributed by atoms with Crippen LogP contribution >= 0.6 is 0 Å². The predicted octanol–water partition coefficient (Wildman–Crippen LogP) is 2.50. The summed E-state index contributed by atoms with van der Waals surface area (Å²) in [4.78, 5) is 11.1. The molecule has 0 atom stereocenters. The van der Waals surface area contributed by atoms with Gasteiger partial charge in [-0.1, -0.05) is 0 Å². The zero-order valence-electron chi connectivity index (χ0n) is 8.68. The number of hydrogen-bond acceptors (Lipinski definition) is 3. The SMILES string of the molecule is COc1c(C(C)=O)ccc(C(F)(F)F)c1N. The van der Waals surface area contributed by atoms with Crippen LogP contribution in [0.3, 0.4) is 0 Å². The molecular weight excluding hydrogens is 223 g/mol. The summed E-state index contributed by atoms with van der Waals surface area (Å²) >= 11 is 0. The van der Waals surface area contributed by atoms with Crippen molar-refractivity contribution in [1.82, 2.24) is 0 Å². The number of methoxy groups -OCH3 is 1. The minimum absolute atomic E-state index is 0.0352. The Morgan fingerprint density at radius 3 is 2.31 bits per heavy atom. The van der Waals surface area contributed by atoms with Crippen molar-refractivity contribution in [2.45, 2.75) is 13.1 Å². The van der Waals surface area contributed by atoms with Crippen molar-refractivity contribution < 1.29 is 22.7 Å². The molecule has 0 aromatic heterocycles. The first-order valence-corrected chi connectivity index (χ1v) is 4.33. The Bertz CT molecular complexity index is 427. The highest BCUT2D eigenvalue weighted by atomic mass is 19.4. The second kappa shape index (κ2) is 4.03. The summed E-state index contributed by atoms with van der Waals surface area (Å²) in [6.45, 7) is 1.23. The number of Topliss-reactive ketones (excluding diaryl/α,β-unsaturated/α-hetero) is 1. The molecule has 88 valence electrons. The van der Waals surface area contributed by atoms with Crippen LogP contribution in [0.4, 0.5) is 18.9 Å². The maximum Gasteiger partial charge on any atom is 0.418 e. The van der Waals surface area contributed by atoms with E-state index in [0.717, 1.165) is 19.2 Å². The number of benzene rings is 1. The Labute approximate surface area is 90.0 Å². The van der Waals surface area contributed by atoms with Crippen LogP contribution < -0.4 is 10.5 Å². The monoisotopic (exact) mass is 233 g/mol. The van der Waals surface area contributed by atoms with Gasteiger partial charge in [-0.05, 0) is 19.1 Å². The summed E-state index contributed by atoms with van der Waals surface area (Å²) in [5, 5.41) is 0. The molecule has 0 amide bonds. The van der Waals surface area contributed by atoms with Crippen molar-refractivity contribution in [2.75, 3.05) is 12.8 Å². The summed E-state index contributed by atoms with van der Waals surface area (Å²) in [5.74, 6) is -0.639. The number of nitrogens with two attached hydrogens (primary N) is 1. The number of alkyl halides is 3. The van der Waals surface area contributed by atoms with Crippen molar-refractivity contribution in [3.8, 4) is 5.75 Å². The molecule has 0 spiro atoms. The second-order valence-corrected chi connectivity index (χ2v) is 3.16. The van der Waals surface area contributed by atoms with Gasteiger partial charge in [-0.3, -0.25) is 4.79 Å². The average Bonchev–Trinajstić information content (AvgIpc) is 2.14. The number of carbonyl (C=O) groups excluding carboxylic acids is 1. The lowest BCUT2D eigenvalue weighted by atomic mass is 10.0. The van der Waals surface area contributed by atoms with Crippen LogP contribution in [0.25, 0.3) is 0 Å². The number of halogens is 3. The quantitative estimate of drug-likeness (QED) is 0.630. The van der Waals surface area contributed by atoms with Gasteiger partial charge in [-0.25, -0.2) is 0 Å². The third kappa shape index (κ3) is 2.10. The van der Waals surface area contributed by atoms with Crippen LogP contribution in [0.1, 0.15) is 22.8 Å². The number of nitrogen functional groups attached to an aromatic ring is 1. The number of hydrogen-bond donors (Lipinski definition) is 1. The molecule has 0 aliphatic heterocycles. The van der Waals surface area contributed by atoms with Crippen molar-refractivity contribution in [3.05, 3.63) is 23.3 Å². The molecule has 1 aromatic carbocycles.